The number of carbonyl (C=O) groups excluding carboxylic acids is 1. The number of nitrogens with zero attached hydrogens (tertiary/aromatic N) is 1. The average Bonchev–Trinajstić information content (AvgIpc) is 2.98. The molecule has 2 heterocycles. The second-order valence-electron chi connectivity index (χ2n) is 7.02. The van der Waals surface area contributed by atoms with Crippen molar-refractivity contribution in [2.45, 2.75) is 45.1 Å². The molecule has 120 valence electrons. The maximum absolute atomic E-state index is 12.5. The van der Waals surface area contributed by atoms with Crippen molar-refractivity contribution in [2.24, 2.45) is 5.41 Å². The van der Waals surface area contributed by atoms with E-state index in [9.17, 15) is 9.59 Å². The Morgan fingerprint density at radius 1 is 1.09 bits per heavy atom. The number of piperidine rings is 1. The van der Waals surface area contributed by atoms with Gasteiger partial charge in [0.2, 0.25) is 5.91 Å². The average molecular weight is 311 g/mol. The molecule has 0 radical (unpaired) electrons. The van der Waals surface area contributed by atoms with E-state index in [1.807, 2.05) is 17.0 Å². The zero-order chi connectivity index (χ0) is 15.9. The first-order valence-corrected chi connectivity index (χ1v) is 8.45. The molecular weight excluding hydrogens is 290 g/mol. The quantitative estimate of drug-likeness (QED) is 0.853. The van der Waals surface area contributed by atoms with Gasteiger partial charge in [0.1, 0.15) is 11.3 Å². The van der Waals surface area contributed by atoms with Crippen molar-refractivity contribution in [2.75, 3.05) is 6.54 Å². The van der Waals surface area contributed by atoms with Crippen molar-refractivity contribution >= 4 is 16.9 Å². The topological polar surface area (TPSA) is 50.5 Å². The first-order chi connectivity index (χ1) is 11.2. The lowest BCUT2D eigenvalue weighted by Gasteiger charge is -2.38. The lowest BCUT2D eigenvalue weighted by molar-refractivity contribution is -0.139. The highest BCUT2D eigenvalue weighted by atomic mass is 16.3. The molecule has 1 aromatic carbocycles. The molecule has 4 nitrogen and oxygen atoms in total. The van der Waals surface area contributed by atoms with Crippen LogP contribution in [0.4, 0.5) is 0 Å². The molecule has 1 aliphatic carbocycles. The Balaban J connectivity index is 1.54. The van der Waals surface area contributed by atoms with Crippen LogP contribution in [0.15, 0.2) is 39.5 Å². The third kappa shape index (κ3) is 2.67. The summed E-state index contributed by atoms with van der Waals surface area (Å²) in [6.45, 7) is 1.17. The molecule has 2 aromatic rings. The minimum atomic E-state index is -0.0430. The Labute approximate surface area is 135 Å². The van der Waals surface area contributed by atoms with Gasteiger partial charge in [-0.2, -0.15) is 0 Å². The van der Waals surface area contributed by atoms with Crippen LogP contribution in [0.5, 0.6) is 0 Å². The summed E-state index contributed by atoms with van der Waals surface area (Å²) < 4.78 is 5.82. The first-order valence-electron chi connectivity index (χ1n) is 8.45. The van der Waals surface area contributed by atoms with Gasteiger partial charge in [0.05, 0.1) is 11.9 Å². The minimum absolute atomic E-state index is 0.0430. The molecule has 0 unspecified atom stereocenters. The molecule has 1 aliphatic heterocycles. The normalized spacial score (nSPS) is 20.5. The molecule has 4 rings (SSSR count). The third-order valence-corrected chi connectivity index (χ3v) is 5.49. The van der Waals surface area contributed by atoms with Crippen molar-refractivity contribution in [3.8, 4) is 0 Å². The number of amides is 1. The zero-order valence-corrected chi connectivity index (χ0v) is 13.2. The van der Waals surface area contributed by atoms with Gasteiger partial charge in [-0.3, -0.25) is 9.59 Å². The largest absolute Gasteiger partial charge is 0.459 e. The van der Waals surface area contributed by atoms with Gasteiger partial charge < -0.3 is 9.32 Å². The molecule has 0 atom stereocenters. The van der Waals surface area contributed by atoms with Crippen LogP contribution in [-0.4, -0.2) is 17.4 Å². The van der Waals surface area contributed by atoms with Gasteiger partial charge >= 0.3 is 0 Å². The van der Waals surface area contributed by atoms with E-state index in [-0.39, 0.29) is 16.8 Å². The van der Waals surface area contributed by atoms with Crippen molar-refractivity contribution in [1.82, 2.24) is 4.90 Å². The molecule has 2 fully saturated rings. The van der Waals surface area contributed by atoms with E-state index in [2.05, 4.69) is 0 Å². The number of hydrogen-bond donors (Lipinski definition) is 0. The number of likely N-dealkylation sites (tertiary alicyclic amines) is 1. The molecule has 0 N–H and O–H groups in total. The van der Waals surface area contributed by atoms with Crippen molar-refractivity contribution in [3.63, 3.8) is 0 Å². The number of fused-ring (bicyclic) bond motifs is 1. The van der Waals surface area contributed by atoms with Gasteiger partial charge in [0.25, 0.3) is 0 Å². The summed E-state index contributed by atoms with van der Waals surface area (Å²) in [5, 5.41) is 0.589. The molecule has 1 saturated carbocycles. The summed E-state index contributed by atoms with van der Waals surface area (Å²) in [5.74, 6) is 0.776. The summed E-state index contributed by atoms with van der Waals surface area (Å²) in [5.41, 5.74) is 0.808. The summed E-state index contributed by atoms with van der Waals surface area (Å²) in [7, 11) is 0. The molecule has 1 aromatic heterocycles. The van der Waals surface area contributed by atoms with E-state index >= 15 is 0 Å². The van der Waals surface area contributed by atoms with Crippen molar-refractivity contribution < 1.29 is 9.21 Å². The fraction of sp³-hybridized carbons (Fsp3) is 0.474. The molecule has 4 heteroatoms. The number of carbonyl (C=O) groups is 1. The Morgan fingerprint density at radius 3 is 2.65 bits per heavy atom. The van der Waals surface area contributed by atoms with E-state index in [1.165, 1.54) is 31.7 Å². The van der Waals surface area contributed by atoms with Gasteiger partial charge in [0, 0.05) is 19.0 Å². The summed E-state index contributed by atoms with van der Waals surface area (Å²) in [6, 6.07) is 8.77. The van der Waals surface area contributed by atoms with E-state index < -0.39 is 0 Å². The van der Waals surface area contributed by atoms with Crippen LogP contribution in [0.2, 0.25) is 0 Å². The maximum Gasteiger partial charge on any atom is 0.223 e. The fourth-order valence-electron chi connectivity index (χ4n) is 4.16. The Morgan fingerprint density at radius 2 is 1.87 bits per heavy atom. The number of benzene rings is 1. The van der Waals surface area contributed by atoms with Gasteiger partial charge in [-0.1, -0.05) is 25.0 Å². The van der Waals surface area contributed by atoms with Crippen LogP contribution in [0.25, 0.3) is 11.0 Å². The second-order valence-corrected chi connectivity index (χ2v) is 7.02. The van der Waals surface area contributed by atoms with Gasteiger partial charge in [-0.05, 0) is 36.8 Å². The summed E-state index contributed by atoms with van der Waals surface area (Å²) in [4.78, 5) is 26.5. The molecule has 23 heavy (non-hydrogen) atoms. The van der Waals surface area contributed by atoms with Crippen LogP contribution in [0.3, 0.4) is 0 Å². The van der Waals surface area contributed by atoms with Gasteiger partial charge in [-0.25, -0.2) is 0 Å². The monoisotopic (exact) mass is 311 g/mol. The van der Waals surface area contributed by atoms with Crippen molar-refractivity contribution in [3.05, 3.63) is 46.3 Å². The lowest BCUT2D eigenvalue weighted by atomic mass is 9.76. The number of hydrogen-bond acceptors (Lipinski definition) is 3. The maximum atomic E-state index is 12.5. The van der Waals surface area contributed by atoms with E-state index in [0.29, 0.717) is 29.7 Å². The van der Waals surface area contributed by atoms with Crippen LogP contribution < -0.4 is 5.43 Å². The number of rotatable bonds is 2. The predicted molar refractivity (Wildman–Crippen MR) is 88.0 cm³/mol. The Hall–Kier alpha value is -2.10. The summed E-state index contributed by atoms with van der Waals surface area (Å²) in [6.07, 6.45) is 6.64. The molecule has 2 aliphatic rings. The number of para-hydroxylation sites is 1. The van der Waals surface area contributed by atoms with Gasteiger partial charge in [0.15, 0.2) is 5.43 Å². The van der Waals surface area contributed by atoms with Crippen LogP contribution in [0, 0.1) is 5.41 Å². The highest BCUT2D eigenvalue weighted by molar-refractivity contribution is 5.78. The SMILES string of the molecule is O=C1CC2(CCCC2)CCN1Cc1cc(=O)c2ccccc2o1. The third-order valence-electron chi connectivity index (χ3n) is 5.49. The molecule has 0 bridgehead atoms. The highest BCUT2D eigenvalue weighted by Crippen LogP contribution is 2.46. The fourth-order valence-corrected chi connectivity index (χ4v) is 4.16. The van der Waals surface area contributed by atoms with E-state index in [4.69, 9.17) is 4.42 Å². The van der Waals surface area contributed by atoms with Crippen LogP contribution in [-0.2, 0) is 11.3 Å². The molecular formula is C19H21NO3. The Bertz CT molecular complexity index is 802. The molecule has 1 amide bonds. The first kappa shape index (κ1) is 14.5. The second kappa shape index (κ2) is 5.52. The minimum Gasteiger partial charge on any atom is -0.459 e. The smallest absolute Gasteiger partial charge is 0.223 e. The van der Waals surface area contributed by atoms with E-state index in [0.717, 1.165) is 13.0 Å². The zero-order valence-electron chi connectivity index (χ0n) is 13.2. The molecule has 1 saturated heterocycles. The van der Waals surface area contributed by atoms with Gasteiger partial charge in [-0.15, -0.1) is 0 Å². The molecule has 1 spiro atoms. The summed E-state index contributed by atoms with van der Waals surface area (Å²) >= 11 is 0. The van der Waals surface area contributed by atoms with Crippen LogP contribution >= 0.6 is 0 Å². The van der Waals surface area contributed by atoms with Crippen molar-refractivity contribution in [1.29, 1.82) is 0 Å². The predicted octanol–water partition coefficient (Wildman–Crippen LogP) is 3.48. The Kier molecular flexibility index (Phi) is 3.47. The lowest BCUT2D eigenvalue weighted by Crippen LogP contribution is -2.42. The highest BCUT2D eigenvalue weighted by Gasteiger charge is 2.40. The van der Waals surface area contributed by atoms with Crippen LogP contribution in [0.1, 0.15) is 44.3 Å². The van der Waals surface area contributed by atoms with E-state index in [1.54, 1.807) is 12.1 Å². The standard InChI is InChI=1S/C19H21NO3/c21-16-11-14(23-17-6-2-1-5-15(16)17)13-20-10-9-19(12-18(20)22)7-3-4-8-19/h1-2,5-6,11H,3-4,7-10,12-13H2.